The first-order chi connectivity index (χ1) is 8.63. The highest BCUT2D eigenvalue weighted by molar-refractivity contribution is 5.79. The molecule has 98 valence electrons. The molecule has 1 aromatic rings. The Morgan fingerprint density at radius 1 is 1.44 bits per heavy atom. The van der Waals surface area contributed by atoms with Gasteiger partial charge in [0, 0.05) is 25.3 Å². The summed E-state index contributed by atoms with van der Waals surface area (Å²) in [6.45, 7) is 1.74. The smallest absolute Gasteiger partial charge is 0.312 e. The van der Waals surface area contributed by atoms with Gasteiger partial charge in [-0.25, -0.2) is 4.39 Å². The number of halogens is 1. The van der Waals surface area contributed by atoms with Crippen LogP contribution in [0.3, 0.4) is 0 Å². The molecule has 0 bridgehead atoms. The van der Waals surface area contributed by atoms with Crippen molar-refractivity contribution >= 4 is 11.7 Å². The molecule has 0 saturated carbocycles. The normalized spacial score (nSPS) is 16.9. The second kappa shape index (κ2) is 5.35. The Morgan fingerprint density at radius 3 is 2.67 bits per heavy atom. The fraction of sp³-hybridized carbons (Fsp3) is 0.462. The molecule has 0 radical (unpaired) electrons. The predicted molar refractivity (Wildman–Crippen MR) is 67.3 cm³/mol. The van der Waals surface area contributed by atoms with E-state index >= 15 is 0 Å². The van der Waals surface area contributed by atoms with Gasteiger partial charge >= 0.3 is 5.97 Å². The lowest BCUT2D eigenvalue weighted by Crippen LogP contribution is -2.26. The van der Waals surface area contributed by atoms with Gasteiger partial charge in [0.2, 0.25) is 0 Å². The van der Waals surface area contributed by atoms with Gasteiger partial charge in [-0.1, -0.05) is 0 Å². The summed E-state index contributed by atoms with van der Waals surface area (Å²) in [4.78, 5) is 13.3. The molecule has 0 aliphatic carbocycles. The minimum absolute atomic E-state index is 0.0281. The van der Waals surface area contributed by atoms with Crippen molar-refractivity contribution in [2.24, 2.45) is 5.73 Å². The lowest BCUT2D eigenvalue weighted by atomic mass is 9.96. The molecular weight excluding hydrogens is 235 g/mol. The first kappa shape index (κ1) is 12.8. The highest BCUT2D eigenvalue weighted by Gasteiger charge is 2.25. The van der Waals surface area contributed by atoms with Crippen LogP contribution in [0.2, 0.25) is 0 Å². The molecule has 1 aliphatic rings. The maximum Gasteiger partial charge on any atom is 0.312 e. The van der Waals surface area contributed by atoms with Gasteiger partial charge in [0.25, 0.3) is 0 Å². The van der Waals surface area contributed by atoms with Gasteiger partial charge in [-0.15, -0.1) is 0 Å². The molecule has 5 heteroatoms. The minimum atomic E-state index is -1.01. The number of rotatable bonds is 4. The third-order valence-corrected chi connectivity index (χ3v) is 3.35. The third kappa shape index (κ3) is 2.46. The van der Waals surface area contributed by atoms with Crippen LogP contribution in [0.1, 0.15) is 24.3 Å². The van der Waals surface area contributed by atoms with Crippen LogP contribution < -0.4 is 10.6 Å². The molecule has 18 heavy (non-hydrogen) atoms. The maximum atomic E-state index is 13.3. The van der Waals surface area contributed by atoms with E-state index < -0.39 is 17.7 Å². The van der Waals surface area contributed by atoms with E-state index in [2.05, 4.69) is 4.90 Å². The lowest BCUT2D eigenvalue weighted by molar-refractivity contribution is -0.138. The molecule has 1 aliphatic heterocycles. The lowest BCUT2D eigenvalue weighted by Gasteiger charge is -2.24. The summed E-state index contributed by atoms with van der Waals surface area (Å²) in [5.74, 6) is -2.28. The molecule has 1 heterocycles. The van der Waals surface area contributed by atoms with E-state index in [0.29, 0.717) is 5.56 Å². The average Bonchev–Trinajstić information content (AvgIpc) is 2.83. The number of benzene rings is 1. The van der Waals surface area contributed by atoms with E-state index in [0.717, 1.165) is 31.6 Å². The summed E-state index contributed by atoms with van der Waals surface area (Å²) in [5, 5.41) is 9.16. The van der Waals surface area contributed by atoms with E-state index in [1.54, 1.807) is 6.07 Å². The van der Waals surface area contributed by atoms with Crippen LogP contribution in [0.15, 0.2) is 18.2 Å². The SMILES string of the molecule is NCC(C(=O)O)c1cc(F)ccc1N1CCCC1. The molecule has 4 nitrogen and oxygen atoms in total. The van der Waals surface area contributed by atoms with Gasteiger partial charge in [-0.3, -0.25) is 4.79 Å². The fourth-order valence-electron chi connectivity index (χ4n) is 2.41. The molecule has 0 aromatic heterocycles. The Morgan fingerprint density at radius 2 is 2.11 bits per heavy atom. The van der Waals surface area contributed by atoms with Crippen LogP contribution >= 0.6 is 0 Å². The highest BCUT2D eigenvalue weighted by atomic mass is 19.1. The zero-order chi connectivity index (χ0) is 13.1. The Bertz CT molecular complexity index is 445. The van der Waals surface area contributed by atoms with E-state index in [4.69, 9.17) is 10.8 Å². The molecule has 2 rings (SSSR count). The molecule has 1 fully saturated rings. The van der Waals surface area contributed by atoms with Crippen molar-refractivity contribution in [3.05, 3.63) is 29.6 Å². The summed E-state index contributed by atoms with van der Waals surface area (Å²) in [5.41, 5.74) is 6.78. The molecule has 1 atom stereocenters. The predicted octanol–water partition coefficient (Wildman–Crippen LogP) is 1.55. The van der Waals surface area contributed by atoms with Crippen LogP contribution in [0.4, 0.5) is 10.1 Å². The van der Waals surface area contributed by atoms with Gasteiger partial charge in [-0.2, -0.15) is 0 Å². The van der Waals surface area contributed by atoms with Crippen molar-refractivity contribution in [3.8, 4) is 0 Å². The minimum Gasteiger partial charge on any atom is -0.481 e. The van der Waals surface area contributed by atoms with Crippen LogP contribution in [0, 0.1) is 5.82 Å². The first-order valence-electron chi connectivity index (χ1n) is 6.10. The molecule has 1 aromatic carbocycles. The van der Waals surface area contributed by atoms with Crippen molar-refractivity contribution in [1.82, 2.24) is 0 Å². The Hall–Kier alpha value is -1.62. The number of hydrogen-bond donors (Lipinski definition) is 2. The van der Waals surface area contributed by atoms with Crippen molar-refractivity contribution < 1.29 is 14.3 Å². The van der Waals surface area contributed by atoms with Crippen molar-refractivity contribution in [1.29, 1.82) is 0 Å². The number of aliphatic carboxylic acids is 1. The second-order valence-corrected chi connectivity index (χ2v) is 4.52. The van der Waals surface area contributed by atoms with Crippen LogP contribution in [0.25, 0.3) is 0 Å². The summed E-state index contributed by atoms with van der Waals surface area (Å²) >= 11 is 0. The van der Waals surface area contributed by atoms with Gasteiger partial charge < -0.3 is 15.7 Å². The van der Waals surface area contributed by atoms with E-state index in [-0.39, 0.29) is 6.54 Å². The fourth-order valence-corrected chi connectivity index (χ4v) is 2.41. The molecule has 0 amide bonds. The molecule has 1 unspecified atom stereocenters. The number of nitrogens with zero attached hydrogens (tertiary/aromatic N) is 1. The molecule has 0 spiro atoms. The average molecular weight is 252 g/mol. The van der Waals surface area contributed by atoms with Gasteiger partial charge in [0.1, 0.15) is 5.82 Å². The molecule has 3 N–H and O–H groups in total. The topological polar surface area (TPSA) is 66.6 Å². The standard InChI is InChI=1S/C13H17FN2O2/c14-9-3-4-12(16-5-1-2-6-16)10(7-9)11(8-15)13(17)18/h3-4,7,11H,1-2,5-6,8,15H2,(H,17,18). The molecule has 1 saturated heterocycles. The zero-order valence-electron chi connectivity index (χ0n) is 10.1. The van der Waals surface area contributed by atoms with E-state index in [9.17, 15) is 9.18 Å². The molecular formula is C13H17FN2O2. The monoisotopic (exact) mass is 252 g/mol. The van der Waals surface area contributed by atoms with E-state index in [1.165, 1.54) is 12.1 Å². The largest absolute Gasteiger partial charge is 0.481 e. The van der Waals surface area contributed by atoms with Gasteiger partial charge in [0.15, 0.2) is 0 Å². The van der Waals surface area contributed by atoms with Crippen molar-refractivity contribution in [2.45, 2.75) is 18.8 Å². The summed E-state index contributed by atoms with van der Waals surface area (Å²) in [6.07, 6.45) is 2.16. The summed E-state index contributed by atoms with van der Waals surface area (Å²) in [6, 6.07) is 4.31. The number of nitrogens with two attached hydrogens (primary N) is 1. The Labute approximate surface area is 105 Å². The summed E-state index contributed by atoms with van der Waals surface area (Å²) in [7, 11) is 0. The Kier molecular flexibility index (Phi) is 3.81. The number of carbonyl (C=O) groups is 1. The van der Waals surface area contributed by atoms with Crippen molar-refractivity contribution in [2.75, 3.05) is 24.5 Å². The first-order valence-corrected chi connectivity index (χ1v) is 6.10. The number of carboxylic acids is 1. The van der Waals surface area contributed by atoms with Crippen LogP contribution in [-0.2, 0) is 4.79 Å². The Balaban J connectivity index is 2.42. The zero-order valence-corrected chi connectivity index (χ0v) is 10.1. The van der Waals surface area contributed by atoms with Crippen molar-refractivity contribution in [3.63, 3.8) is 0 Å². The van der Waals surface area contributed by atoms with Gasteiger partial charge in [-0.05, 0) is 36.6 Å². The van der Waals surface area contributed by atoms with Crippen LogP contribution in [-0.4, -0.2) is 30.7 Å². The number of hydrogen-bond acceptors (Lipinski definition) is 3. The van der Waals surface area contributed by atoms with E-state index in [1.807, 2.05) is 0 Å². The number of carboxylic acid groups (broad SMARTS) is 1. The highest BCUT2D eigenvalue weighted by Crippen LogP contribution is 2.30. The number of anilines is 1. The summed E-state index contributed by atoms with van der Waals surface area (Å²) < 4.78 is 13.3. The quantitative estimate of drug-likeness (QED) is 0.853. The second-order valence-electron chi connectivity index (χ2n) is 4.52. The van der Waals surface area contributed by atoms with Crippen LogP contribution in [0.5, 0.6) is 0 Å². The van der Waals surface area contributed by atoms with Gasteiger partial charge in [0.05, 0.1) is 5.92 Å². The third-order valence-electron chi connectivity index (χ3n) is 3.35. The maximum absolute atomic E-state index is 13.3.